The molecule has 1 aliphatic heterocycles. The quantitative estimate of drug-likeness (QED) is 0.0411. The highest BCUT2D eigenvalue weighted by Crippen LogP contribution is 2.23. The summed E-state index contributed by atoms with van der Waals surface area (Å²) in [7, 11) is 0. The van der Waals surface area contributed by atoms with Gasteiger partial charge in [-0.2, -0.15) is 0 Å². The lowest BCUT2D eigenvalue weighted by molar-refractivity contribution is -0.158. The number of amides is 7. The summed E-state index contributed by atoms with van der Waals surface area (Å²) < 4.78 is 6.13. The summed E-state index contributed by atoms with van der Waals surface area (Å²) in [5.41, 5.74) is 0. The fourth-order valence-electron chi connectivity index (χ4n) is 9.10. The average molecular weight is 1110 g/mol. The Morgan fingerprint density at radius 2 is 0.872 bits per heavy atom. The molecule has 10 unspecified atom stereocenters. The number of esters is 1. The van der Waals surface area contributed by atoms with Crippen molar-refractivity contribution in [1.29, 1.82) is 0 Å². The minimum atomic E-state index is -1.75. The number of carbonyl (C=O) groups is 11. The lowest BCUT2D eigenvalue weighted by Gasteiger charge is -2.30. The summed E-state index contributed by atoms with van der Waals surface area (Å²) >= 11 is 0. The first kappa shape index (κ1) is 70.1. The van der Waals surface area contributed by atoms with Crippen molar-refractivity contribution in [1.82, 2.24) is 37.2 Å². The molecule has 0 radical (unpaired) electrons. The monoisotopic (exact) mass is 1110 g/mol. The van der Waals surface area contributed by atoms with Gasteiger partial charge in [0.2, 0.25) is 41.4 Å². The highest BCUT2D eigenvalue weighted by atomic mass is 16.5. The Morgan fingerprint density at radius 3 is 1.31 bits per heavy atom. The van der Waals surface area contributed by atoms with Crippen LogP contribution in [0.25, 0.3) is 0 Å². The van der Waals surface area contributed by atoms with Crippen LogP contribution in [0.3, 0.4) is 0 Å². The fourth-order valence-corrected chi connectivity index (χ4v) is 9.10. The normalized spacial score (nSPS) is 24.0. The standard InChI is InChI=1S/C55H95N7O16/c1-30(2)23-38-50(72)59-40(25-32(5)6)53(75)62-48(34(9)10)54(76)60-41(28-47(69)70)52(74)58-39(24-31(3)4)51(73)61-42(26-33(7)8)55(77)78-43(29-44(64)56-37(49(71)57-38)21-22-45(65)66)35(11)19-17-15-13-12-14-16-18-20-36(63)27-46(67)68/h30-43,48,63H,12-29H2,1-11H3,(H,56,64)(H,57,71)(H,58,74)(H,59,72)(H,60,76)(H,61,73)(H,62,75)(H,65,66)(H,67,68)(H,69,70). The zero-order valence-corrected chi connectivity index (χ0v) is 48.1. The third-order valence-electron chi connectivity index (χ3n) is 13.3. The molecular weight excluding hydrogens is 1010 g/mol. The summed E-state index contributed by atoms with van der Waals surface area (Å²) in [6, 6.07) is -9.91. The Morgan fingerprint density at radius 1 is 0.474 bits per heavy atom. The highest BCUT2D eigenvalue weighted by molar-refractivity contribution is 5.98. The Balaban J connectivity index is 3.92. The molecule has 0 aromatic heterocycles. The molecule has 11 N–H and O–H groups in total. The zero-order valence-electron chi connectivity index (χ0n) is 48.1. The van der Waals surface area contributed by atoms with E-state index < -0.39 is 157 Å². The van der Waals surface area contributed by atoms with Gasteiger partial charge in [0.15, 0.2) is 0 Å². The van der Waals surface area contributed by atoms with E-state index in [1.54, 1.807) is 76.2 Å². The van der Waals surface area contributed by atoms with E-state index in [0.29, 0.717) is 25.7 Å². The van der Waals surface area contributed by atoms with Crippen molar-refractivity contribution in [3.05, 3.63) is 0 Å². The van der Waals surface area contributed by atoms with Crippen molar-refractivity contribution in [2.45, 2.75) is 246 Å². The van der Waals surface area contributed by atoms with E-state index in [9.17, 15) is 68.1 Å². The summed E-state index contributed by atoms with van der Waals surface area (Å²) in [4.78, 5) is 148. The Labute approximate surface area is 460 Å². The lowest BCUT2D eigenvalue weighted by atomic mass is 9.93. The second kappa shape index (κ2) is 36.3. The number of carbonyl (C=O) groups excluding carboxylic acids is 8. The van der Waals surface area contributed by atoms with E-state index in [1.165, 1.54) is 0 Å². The van der Waals surface area contributed by atoms with Gasteiger partial charge in [-0.1, -0.05) is 121 Å². The number of carboxylic acid groups (broad SMARTS) is 3. The molecule has 1 fully saturated rings. The molecule has 0 aliphatic carbocycles. The van der Waals surface area contributed by atoms with Gasteiger partial charge in [0, 0.05) is 6.42 Å². The van der Waals surface area contributed by atoms with Gasteiger partial charge < -0.3 is 62.4 Å². The van der Waals surface area contributed by atoms with Crippen LogP contribution >= 0.6 is 0 Å². The molecule has 0 spiro atoms. The van der Waals surface area contributed by atoms with Crippen molar-refractivity contribution in [3.8, 4) is 0 Å². The van der Waals surface area contributed by atoms with Gasteiger partial charge in [0.25, 0.3) is 0 Å². The minimum absolute atomic E-state index is 0.00674. The van der Waals surface area contributed by atoms with Crippen molar-refractivity contribution < 1.29 is 77.9 Å². The van der Waals surface area contributed by atoms with E-state index in [4.69, 9.17) is 9.84 Å². The van der Waals surface area contributed by atoms with Crippen molar-refractivity contribution in [3.63, 3.8) is 0 Å². The first-order chi connectivity index (χ1) is 36.4. The number of ether oxygens (including phenoxy) is 1. The smallest absolute Gasteiger partial charge is 0.328 e. The fraction of sp³-hybridized carbons (Fsp3) is 0.800. The molecule has 0 aromatic rings. The number of aliphatic hydroxyl groups is 1. The van der Waals surface area contributed by atoms with E-state index >= 15 is 0 Å². The molecule has 446 valence electrons. The van der Waals surface area contributed by atoms with Gasteiger partial charge >= 0.3 is 23.9 Å². The molecule has 78 heavy (non-hydrogen) atoms. The van der Waals surface area contributed by atoms with Crippen LogP contribution in [0, 0.1) is 35.5 Å². The number of unbranched alkanes of at least 4 members (excludes halogenated alkanes) is 6. The minimum Gasteiger partial charge on any atom is -0.481 e. The van der Waals surface area contributed by atoms with E-state index in [1.807, 2.05) is 0 Å². The van der Waals surface area contributed by atoms with E-state index in [0.717, 1.165) is 32.1 Å². The topological polar surface area (TPSA) is 362 Å². The lowest BCUT2D eigenvalue weighted by Crippen LogP contribution is -2.61. The maximum atomic E-state index is 14.4. The van der Waals surface area contributed by atoms with Crippen LogP contribution in [-0.4, -0.2) is 140 Å². The van der Waals surface area contributed by atoms with Gasteiger partial charge in [-0.25, -0.2) is 4.79 Å². The molecule has 0 bridgehead atoms. The number of hydrogen-bond acceptors (Lipinski definition) is 13. The maximum absolute atomic E-state index is 14.4. The average Bonchev–Trinajstić information content (AvgIpc) is 3.30. The van der Waals surface area contributed by atoms with E-state index in [-0.39, 0.29) is 55.8 Å². The van der Waals surface area contributed by atoms with Gasteiger partial charge in [-0.05, 0) is 80.5 Å². The van der Waals surface area contributed by atoms with Crippen LogP contribution in [0.15, 0.2) is 0 Å². The zero-order chi connectivity index (χ0) is 59.4. The molecule has 0 aromatic carbocycles. The third kappa shape index (κ3) is 29.2. The number of carboxylic acids is 3. The molecule has 0 saturated carbocycles. The second-order valence-corrected chi connectivity index (χ2v) is 23.2. The number of aliphatic hydroxyl groups excluding tert-OH is 1. The van der Waals surface area contributed by atoms with Crippen LogP contribution < -0.4 is 37.2 Å². The number of cyclic esters (lactones) is 1. The van der Waals surface area contributed by atoms with Crippen molar-refractivity contribution in [2.24, 2.45) is 35.5 Å². The van der Waals surface area contributed by atoms with Crippen LogP contribution in [0.4, 0.5) is 0 Å². The molecule has 23 heteroatoms. The second-order valence-electron chi connectivity index (χ2n) is 23.2. The SMILES string of the molecule is CC(C)CC1NC(=O)C(CCC(=O)O)NC(=O)CC(C(C)CCCCCCCCCC(O)CC(=O)O)OC(=O)C(CC(C)C)NC(=O)C(CC(C)C)NC(=O)C(CC(=O)O)NC(=O)C(C(C)C)NC(=O)C(CC(C)C)NC1=O. The Bertz CT molecular complexity index is 1980. The third-order valence-corrected chi connectivity index (χ3v) is 13.3. The summed E-state index contributed by atoms with van der Waals surface area (Å²) in [5.74, 6) is -12.8. The van der Waals surface area contributed by atoms with Gasteiger partial charge in [0.05, 0.1) is 25.4 Å². The number of rotatable bonds is 27. The van der Waals surface area contributed by atoms with Crippen LogP contribution in [-0.2, 0) is 57.5 Å². The van der Waals surface area contributed by atoms with E-state index in [2.05, 4.69) is 37.2 Å². The van der Waals surface area contributed by atoms with Crippen LogP contribution in [0.1, 0.15) is 192 Å². The molecular formula is C55H95N7O16. The van der Waals surface area contributed by atoms with Crippen LogP contribution in [0.2, 0.25) is 0 Å². The molecule has 7 amide bonds. The van der Waals surface area contributed by atoms with Gasteiger partial charge in [-0.15, -0.1) is 0 Å². The van der Waals surface area contributed by atoms with Gasteiger partial charge in [0.1, 0.15) is 48.4 Å². The summed E-state index contributed by atoms with van der Waals surface area (Å²) in [5, 5.41) is 56.6. The molecule has 10 atom stereocenters. The summed E-state index contributed by atoms with van der Waals surface area (Å²) in [6.45, 7) is 19.2. The van der Waals surface area contributed by atoms with Gasteiger partial charge in [-0.3, -0.25) is 47.9 Å². The molecule has 1 aliphatic rings. The maximum Gasteiger partial charge on any atom is 0.328 e. The largest absolute Gasteiger partial charge is 0.481 e. The molecule has 1 saturated heterocycles. The molecule has 23 nitrogen and oxygen atoms in total. The highest BCUT2D eigenvalue weighted by Gasteiger charge is 2.38. The first-order valence-corrected chi connectivity index (χ1v) is 28.1. The first-order valence-electron chi connectivity index (χ1n) is 28.1. The summed E-state index contributed by atoms with van der Waals surface area (Å²) in [6.07, 6.45) is 1.79. The number of nitrogens with one attached hydrogen (secondary N) is 7. The molecule has 1 rings (SSSR count). The number of hydrogen-bond donors (Lipinski definition) is 11. The predicted molar refractivity (Wildman–Crippen MR) is 289 cm³/mol. The number of aliphatic carboxylic acids is 3. The van der Waals surface area contributed by atoms with Crippen LogP contribution in [0.5, 0.6) is 0 Å². The Kier molecular flexibility index (Phi) is 32.7. The molecule has 1 heterocycles. The van der Waals surface area contributed by atoms with Crippen molar-refractivity contribution >= 4 is 65.2 Å². The van der Waals surface area contributed by atoms with Crippen molar-refractivity contribution in [2.75, 3.05) is 0 Å². The predicted octanol–water partition coefficient (Wildman–Crippen LogP) is 3.86. The Hall–Kier alpha value is -5.87.